The van der Waals surface area contributed by atoms with E-state index < -0.39 is 0 Å². The molecule has 0 saturated heterocycles. The number of anilines is 1. The van der Waals surface area contributed by atoms with Crippen LogP contribution in [0, 0.1) is 13.8 Å². The van der Waals surface area contributed by atoms with E-state index in [0.717, 1.165) is 42.5 Å². The number of carbonyl (C=O) groups excluding carboxylic acids is 2. The zero-order valence-corrected chi connectivity index (χ0v) is 18.7. The molecule has 1 saturated carbocycles. The van der Waals surface area contributed by atoms with Gasteiger partial charge in [-0.05, 0) is 56.7 Å². The number of benzene rings is 1. The quantitative estimate of drug-likeness (QED) is 0.476. The Bertz CT molecular complexity index is 670. The van der Waals surface area contributed by atoms with Gasteiger partial charge in [0.15, 0.2) is 0 Å². The summed E-state index contributed by atoms with van der Waals surface area (Å²) in [6.45, 7) is 9.34. The largest absolute Gasteiger partial charge is 0.353 e. The Morgan fingerprint density at radius 3 is 2.55 bits per heavy atom. The lowest BCUT2D eigenvalue weighted by molar-refractivity contribution is -0.123. The van der Waals surface area contributed by atoms with Crippen molar-refractivity contribution in [3.05, 3.63) is 29.3 Å². The summed E-state index contributed by atoms with van der Waals surface area (Å²) >= 11 is 0. The topological polar surface area (TPSA) is 61.4 Å². The molecule has 0 radical (unpaired) electrons. The van der Waals surface area contributed by atoms with Crippen LogP contribution in [0.2, 0.25) is 0 Å². The fraction of sp³-hybridized carbons (Fsp3) is 0.667. The van der Waals surface area contributed by atoms with Crippen LogP contribution in [-0.4, -0.2) is 41.9 Å². The standard InChI is InChI=1S/C24H39N3O2/c1-5-7-8-9-20(6-2)25-23(28)14-15-27(21-12-13-21)17-24(29)26-22-16-18(3)10-11-19(22)4/h10-11,16,20-21H,5-9,12-15,17H2,1-4H3,(H,25,28)(H,26,29). The maximum absolute atomic E-state index is 12.6. The molecule has 1 fully saturated rings. The van der Waals surface area contributed by atoms with Gasteiger partial charge in [-0.2, -0.15) is 0 Å². The van der Waals surface area contributed by atoms with E-state index in [1.54, 1.807) is 0 Å². The summed E-state index contributed by atoms with van der Waals surface area (Å²) in [4.78, 5) is 27.2. The van der Waals surface area contributed by atoms with Gasteiger partial charge in [-0.25, -0.2) is 0 Å². The van der Waals surface area contributed by atoms with Crippen molar-refractivity contribution >= 4 is 17.5 Å². The summed E-state index contributed by atoms with van der Waals surface area (Å²) in [5, 5.41) is 6.22. The molecule has 1 unspecified atom stereocenters. The molecule has 0 heterocycles. The van der Waals surface area contributed by atoms with Gasteiger partial charge in [-0.1, -0.05) is 45.2 Å². The minimum absolute atomic E-state index is 0.00277. The molecule has 29 heavy (non-hydrogen) atoms. The first kappa shape index (κ1) is 23.4. The summed E-state index contributed by atoms with van der Waals surface area (Å²) < 4.78 is 0. The molecule has 1 aliphatic rings. The molecule has 2 N–H and O–H groups in total. The van der Waals surface area contributed by atoms with Gasteiger partial charge in [0.05, 0.1) is 6.54 Å². The number of amides is 2. The highest BCUT2D eigenvalue weighted by Crippen LogP contribution is 2.27. The van der Waals surface area contributed by atoms with Crippen LogP contribution in [0.3, 0.4) is 0 Å². The van der Waals surface area contributed by atoms with Crippen LogP contribution in [0.4, 0.5) is 5.69 Å². The second-order valence-corrected chi connectivity index (χ2v) is 8.49. The van der Waals surface area contributed by atoms with E-state index in [1.807, 2.05) is 32.0 Å². The van der Waals surface area contributed by atoms with Gasteiger partial charge < -0.3 is 10.6 Å². The molecule has 0 spiro atoms. The maximum Gasteiger partial charge on any atom is 0.238 e. The number of rotatable bonds is 13. The van der Waals surface area contributed by atoms with Crippen LogP contribution in [-0.2, 0) is 9.59 Å². The van der Waals surface area contributed by atoms with E-state index in [1.165, 1.54) is 19.3 Å². The molecule has 2 rings (SSSR count). The van der Waals surface area contributed by atoms with Crippen LogP contribution in [0.1, 0.15) is 76.3 Å². The Morgan fingerprint density at radius 2 is 1.90 bits per heavy atom. The van der Waals surface area contributed by atoms with Gasteiger partial charge in [0.25, 0.3) is 0 Å². The van der Waals surface area contributed by atoms with Crippen molar-refractivity contribution in [1.29, 1.82) is 0 Å². The van der Waals surface area contributed by atoms with Crippen LogP contribution in [0.25, 0.3) is 0 Å². The highest BCUT2D eigenvalue weighted by molar-refractivity contribution is 5.93. The van der Waals surface area contributed by atoms with E-state index in [2.05, 4.69) is 29.4 Å². The molecule has 1 atom stereocenters. The minimum atomic E-state index is -0.00277. The highest BCUT2D eigenvalue weighted by atomic mass is 16.2. The summed E-state index contributed by atoms with van der Waals surface area (Å²) in [6, 6.07) is 6.80. The SMILES string of the molecule is CCCCCC(CC)NC(=O)CCN(CC(=O)Nc1cc(C)ccc1C)C1CC1. The third-order valence-electron chi connectivity index (χ3n) is 5.72. The lowest BCUT2D eigenvalue weighted by atomic mass is 10.1. The third kappa shape index (κ3) is 8.57. The molecule has 1 aromatic rings. The van der Waals surface area contributed by atoms with Crippen LogP contribution < -0.4 is 10.6 Å². The second-order valence-electron chi connectivity index (χ2n) is 8.49. The summed E-state index contributed by atoms with van der Waals surface area (Å²) in [5.74, 6) is 0.103. The first-order chi connectivity index (χ1) is 13.9. The van der Waals surface area contributed by atoms with Crippen LogP contribution >= 0.6 is 0 Å². The Hall–Kier alpha value is -1.88. The van der Waals surface area contributed by atoms with Crippen LogP contribution in [0.15, 0.2) is 18.2 Å². The molecule has 5 nitrogen and oxygen atoms in total. The number of hydrogen-bond donors (Lipinski definition) is 2. The number of hydrogen-bond acceptors (Lipinski definition) is 3. The van der Waals surface area contributed by atoms with Crippen molar-refractivity contribution in [3.8, 4) is 0 Å². The van der Waals surface area contributed by atoms with Crippen molar-refractivity contribution in [3.63, 3.8) is 0 Å². The molecule has 1 aliphatic carbocycles. The predicted octanol–water partition coefficient (Wildman–Crippen LogP) is 4.57. The lowest BCUT2D eigenvalue weighted by Crippen LogP contribution is -2.40. The average molecular weight is 402 g/mol. The third-order valence-corrected chi connectivity index (χ3v) is 5.72. The van der Waals surface area contributed by atoms with Crippen molar-refractivity contribution in [2.24, 2.45) is 0 Å². The van der Waals surface area contributed by atoms with E-state index in [4.69, 9.17) is 0 Å². The molecule has 5 heteroatoms. The molecule has 2 amide bonds. The molecular weight excluding hydrogens is 362 g/mol. The molecule has 1 aromatic carbocycles. The average Bonchev–Trinajstić information content (AvgIpc) is 3.52. The fourth-order valence-corrected chi connectivity index (χ4v) is 3.64. The number of carbonyl (C=O) groups is 2. The van der Waals surface area contributed by atoms with Crippen LogP contribution in [0.5, 0.6) is 0 Å². The Morgan fingerprint density at radius 1 is 1.14 bits per heavy atom. The van der Waals surface area contributed by atoms with Gasteiger partial charge in [-0.3, -0.25) is 14.5 Å². The minimum Gasteiger partial charge on any atom is -0.353 e. The van der Waals surface area contributed by atoms with Gasteiger partial charge >= 0.3 is 0 Å². The molecular formula is C24H39N3O2. The van der Waals surface area contributed by atoms with Gasteiger partial charge in [0.1, 0.15) is 0 Å². The van der Waals surface area contributed by atoms with Gasteiger partial charge in [0.2, 0.25) is 11.8 Å². The number of nitrogens with one attached hydrogen (secondary N) is 2. The molecule has 0 bridgehead atoms. The van der Waals surface area contributed by atoms with Crippen molar-refractivity contribution in [1.82, 2.24) is 10.2 Å². The predicted molar refractivity (Wildman–Crippen MR) is 120 cm³/mol. The molecule has 162 valence electrons. The highest BCUT2D eigenvalue weighted by Gasteiger charge is 2.30. The van der Waals surface area contributed by atoms with Crippen molar-refractivity contribution < 1.29 is 9.59 Å². The van der Waals surface area contributed by atoms with Crippen molar-refractivity contribution in [2.45, 2.75) is 91.1 Å². The van der Waals surface area contributed by atoms with E-state index in [-0.39, 0.29) is 17.9 Å². The maximum atomic E-state index is 12.6. The number of unbranched alkanes of at least 4 members (excludes halogenated alkanes) is 2. The number of nitrogens with zero attached hydrogens (tertiary/aromatic N) is 1. The molecule has 0 aliphatic heterocycles. The van der Waals surface area contributed by atoms with E-state index in [9.17, 15) is 9.59 Å². The zero-order valence-electron chi connectivity index (χ0n) is 18.7. The smallest absolute Gasteiger partial charge is 0.238 e. The van der Waals surface area contributed by atoms with Crippen molar-refractivity contribution in [2.75, 3.05) is 18.4 Å². The Kier molecular flexibility index (Phi) is 9.65. The normalized spacial score (nSPS) is 14.7. The fourth-order valence-electron chi connectivity index (χ4n) is 3.64. The first-order valence-electron chi connectivity index (χ1n) is 11.3. The van der Waals surface area contributed by atoms with E-state index >= 15 is 0 Å². The monoisotopic (exact) mass is 401 g/mol. The molecule has 0 aromatic heterocycles. The van der Waals surface area contributed by atoms with Gasteiger partial charge in [0, 0.05) is 30.7 Å². The second kappa shape index (κ2) is 12.0. The number of aryl methyl sites for hydroxylation is 2. The summed E-state index contributed by atoms with van der Waals surface area (Å²) in [6.07, 6.45) is 8.31. The Balaban J connectivity index is 1.80. The summed E-state index contributed by atoms with van der Waals surface area (Å²) in [5.41, 5.74) is 3.07. The first-order valence-corrected chi connectivity index (χ1v) is 11.3. The Labute approximate surface area is 176 Å². The lowest BCUT2D eigenvalue weighted by Gasteiger charge is -2.22. The summed E-state index contributed by atoms with van der Waals surface area (Å²) in [7, 11) is 0. The van der Waals surface area contributed by atoms with Gasteiger partial charge in [-0.15, -0.1) is 0 Å². The zero-order chi connectivity index (χ0) is 21.2. The van der Waals surface area contributed by atoms with E-state index in [0.29, 0.717) is 25.6 Å².